The van der Waals surface area contributed by atoms with Crippen LogP contribution in [0.5, 0.6) is 0 Å². The minimum Gasteiger partial charge on any atom is -0.368 e. The summed E-state index contributed by atoms with van der Waals surface area (Å²) in [5, 5.41) is 3.15. The average molecular weight is 341 g/mol. The lowest BCUT2D eigenvalue weighted by Gasteiger charge is -2.36. The molecule has 1 fully saturated rings. The molecule has 0 unspecified atom stereocenters. The topological polar surface area (TPSA) is 35.6 Å². The number of hydrogen-bond acceptors (Lipinski definition) is 3. The summed E-state index contributed by atoms with van der Waals surface area (Å²) in [7, 11) is 0. The zero-order valence-electron chi connectivity index (χ0n) is 14.3. The van der Waals surface area contributed by atoms with E-state index in [0.29, 0.717) is 25.1 Å². The molecule has 2 aromatic carbocycles. The van der Waals surface area contributed by atoms with E-state index in [1.54, 1.807) is 12.1 Å². The quantitative estimate of drug-likeness (QED) is 0.821. The zero-order valence-corrected chi connectivity index (χ0v) is 14.3. The highest BCUT2D eigenvalue weighted by Crippen LogP contribution is 2.15. The number of nitrogens with one attached hydrogen (secondary N) is 1. The molecule has 0 atom stereocenters. The van der Waals surface area contributed by atoms with Crippen LogP contribution in [-0.4, -0.2) is 43.5 Å². The third-order valence-electron chi connectivity index (χ3n) is 4.54. The highest BCUT2D eigenvalue weighted by Gasteiger charge is 2.20. The van der Waals surface area contributed by atoms with Gasteiger partial charge in [0.1, 0.15) is 5.82 Å². The summed E-state index contributed by atoms with van der Waals surface area (Å²) in [6.07, 6.45) is 0.444. The Morgan fingerprint density at radius 1 is 0.960 bits per heavy atom. The Balaban J connectivity index is 1.37. The van der Waals surface area contributed by atoms with Crippen molar-refractivity contribution in [1.29, 1.82) is 0 Å². The zero-order chi connectivity index (χ0) is 17.5. The molecule has 0 spiro atoms. The van der Waals surface area contributed by atoms with Gasteiger partial charge in [0.25, 0.3) is 0 Å². The number of para-hydroxylation sites is 1. The van der Waals surface area contributed by atoms with Crippen LogP contribution < -0.4 is 10.2 Å². The molecule has 1 saturated heterocycles. The molecule has 5 heteroatoms. The van der Waals surface area contributed by atoms with Crippen LogP contribution in [0.4, 0.5) is 10.1 Å². The molecule has 1 amide bonds. The number of carbonyl (C=O) groups excluding carboxylic acids is 1. The first-order valence-electron chi connectivity index (χ1n) is 8.76. The standard InChI is InChI=1S/C20H24FN3O/c21-19-9-5-4-6-17(19)16-22-11-10-20(25)24-14-12-23(13-15-24)18-7-2-1-3-8-18/h1-9,22H,10-16H2. The number of carbonyl (C=O) groups is 1. The molecule has 2 aromatic rings. The number of rotatable bonds is 6. The summed E-state index contributed by atoms with van der Waals surface area (Å²) in [5.41, 5.74) is 1.84. The average Bonchev–Trinajstić information content (AvgIpc) is 2.67. The maximum atomic E-state index is 13.5. The summed E-state index contributed by atoms with van der Waals surface area (Å²) in [6.45, 7) is 4.23. The van der Waals surface area contributed by atoms with Gasteiger partial charge in [0.2, 0.25) is 5.91 Å². The van der Waals surface area contributed by atoms with E-state index in [9.17, 15) is 9.18 Å². The predicted octanol–water partition coefficient (Wildman–Crippen LogP) is 2.65. The molecule has 1 heterocycles. The van der Waals surface area contributed by atoms with Crippen molar-refractivity contribution in [3.8, 4) is 0 Å². The first-order valence-corrected chi connectivity index (χ1v) is 8.76. The van der Waals surface area contributed by atoms with Gasteiger partial charge in [0, 0.05) is 56.9 Å². The Morgan fingerprint density at radius 3 is 2.36 bits per heavy atom. The number of nitrogens with zero attached hydrogens (tertiary/aromatic N) is 2. The molecule has 0 saturated carbocycles. The largest absolute Gasteiger partial charge is 0.368 e. The molecule has 0 aromatic heterocycles. The Labute approximate surface area is 148 Å². The van der Waals surface area contributed by atoms with E-state index in [4.69, 9.17) is 0 Å². The van der Waals surface area contributed by atoms with Gasteiger partial charge >= 0.3 is 0 Å². The van der Waals surface area contributed by atoms with Gasteiger partial charge in [-0.05, 0) is 18.2 Å². The van der Waals surface area contributed by atoms with E-state index >= 15 is 0 Å². The summed E-state index contributed by atoms with van der Waals surface area (Å²) in [5.74, 6) is -0.0490. The maximum absolute atomic E-state index is 13.5. The molecule has 0 aliphatic carbocycles. The van der Waals surface area contributed by atoms with Gasteiger partial charge in [0.05, 0.1) is 0 Å². The lowest BCUT2D eigenvalue weighted by atomic mass is 10.2. The van der Waals surface area contributed by atoms with Crippen LogP contribution >= 0.6 is 0 Å². The van der Waals surface area contributed by atoms with Crippen molar-refractivity contribution in [2.24, 2.45) is 0 Å². The molecule has 132 valence electrons. The molecule has 1 N–H and O–H groups in total. The summed E-state index contributed by atoms with van der Waals surface area (Å²) < 4.78 is 13.5. The predicted molar refractivity (Wildman–Crippen MR) is 98.0 cm³/mol. The van der Waals surface area contributed by atoms with Crippen LogP contribution in [0.25, 0.3) is 0 Å². The van der Waals surface area contributed by atoms with Crippen LogP contribution in [-0.2, 0) is 11.3 Å². The number of benzene rings is 2. The lowest BCUT2D eigenvalue weighted by molar-refractivity contribution is -0.131. The van der Waals surface area contributed by atoms with Gasteiger partial charge < -0.3 is 15.1 Å². The number of anilines is 1. The molecule has 1 aliphatic rings. The van der Waals surface area contributed by atoms with Crippen molar-refractivity contribution in [2.75, 3.05) is 37.6 Å². The van der Waals surface area contributed by atoms with Crippen molar-refractivity contribution < 1.29 is 9.18 Å². The minimum atomic E-state index is -0.210. The molecule has 0 radical (unpaired) electrons. The first kappa shape index (κ1) is 17.4. The summed E-state index contributed by atoms with van der Waals surface area (Å²) in [6, 6.07) is 17.0. The molecule has 0 bridgehead atoms. The second-order valence-electron chi connectivity index (χ2n) is 6.22. The fourth-order valence-corrected chi connectivity index (χ4v) is 3.07. The molecule has 4 nitrogen and oxygen atoms in total. The Morgan fingerprint density at radius 2 is 1.64 bits per heavy atom. The van der Waals surface area contributed by atoms with Gasteiger partial charge in [-0.2, -0.15) is 0 Å². The highest BCUT2D eigenvalue weighted by atomic mass is 19.1. The molecule has 1 aliphatic heterocycles. The van der Waals surface area contributed by atoms with E-state index in [1.165, 1.54) is 11.8 Å². The monoisotopic (exact) mass is 341 g/mol. The van der Waals surface area contributed by atoms with Gasteiger partial charge in [0.15, 0.2) is 0 Å². The van der Waals surface area contributed by atoms with Crippen LogP contribution in [0.2, 0.25) is 0 Å². The van der Waals surface area contributed by atoms with Crippen LogP contribution in [0.1, 0.15) is 12.0 Å². The van der Waals surface area contributed by atoms with Crippen molar-refractivity contribution in [3.05, 3.63) is 66.0 Å². The summed E-state index contributed by atoms with van der Waals surface area (Å²) in [4.78, 5) is 16.5. The summed E-state index contributed by atoms with van der Waals surface area (Å²) >= 11 is 0. The fraction of sp³-hybridized carbons (Fsp3) is 0.350. The van der Waals surface area contributed by atoms with Crippen LogP contribution in [0.3, 0.4) is 0 Å². The fourth-order valence-electron chi connectivity index (χ4n) is 3.07. The number of amides is 1. The Bertz CT molecular complexity index is 684. The van der Waals surface area contributed by atoms with Crippen molar-refractivity contribution in [3.63, 3.8) is 0 Å². The highest BCUT2D eigenvalue weighted by molar-refractivity contribution is 5.76. The number of halogens is 1. The normalized spacial score (nSPS) is 14.6. The van der Waals surface area contributed by atoms with Crippen LogP contribution in [0.15, 0.2) is 54.6 Å². The molecule has 25 heavy (non-hydrogen) atoms. The number of hydrogen-bond donors (Lipinski definition) is 1. The van der Waals surface area contributed by atoms with Gasteiger partial charge in [-0.15, -0.1) is 0 Å². The van der Waals surface area contributed by atoms with E-state index in [-0.39, 0.29) is 11.7 Å². The van der Waals surface area contributed by atoms with Crippen molar-refractivity contribution in [1.82, 2.24) is 10.2 Å². The van der Waals surface area contributed by atoms with Crippen molar-refractivity contribution >= 4 is 11.6 Å². The smallest absolute Gasteiger partial charge is 0.223 e. The van der Waals surface area contributed by atoms with Gasteiger partial charge in [-0.3, -0.25) is 4.79 Å². The molecule has 3 rings (SSSR count). The van der Waals surface area contributed by atoms with Crippen LogP contribution in [0, 0.1) is 5.82 Å². The second-order valence-corrected chi connectivity index (χ2v) is 6.22. The van der Waals surface area contributed by atoms with Gasteiger partial charge in [-0.1, -0.05) is 36.4 Å². The third kappa shape index (κ3) is 4.79. The lowest BCUT2D eigenvalue weighted by Crippen LogP contribution is -2.49. The first-order chi connectivity index (χ1) is 12.2. The minimum absolute atomic E-state index is 0.161. The molecular weight excluding hydrogens is 317 g/mol. The number of piperazine rings is 1. The Kier molecular flexibility index (Phi) is 6.01. The van der Waals surface area contributed by atoms with E-state index in [2.05, 4.69) is 22.3 Å². The third-order valence-corrected chi connectivity index (χ3v) is 4.54. The Hall–Kier alpha value is -2.40. The van der Waals surface area contributed by atoms with Gasteiger partial charge in [-0.25, -0.2) is 4.39 Å². The van der Waals surface area contributed by atoms with E-state index in [0.717, 1.165) is 26.2 Å². The van der Waals surface area contributed by atoms with E-state index < -0.39 is 0 Å². The van der Waals surface area contributed by atoms with Crippen molar-refractivity contribution in [2.45, 2.75) is 13.0 Å². The SMILES string of the molecule is O=C(CCNCc1ccccc1F)N1CCN(c2ccccc2)CC1. The maximum Gasteiger partial charge on any atom is 0.223 e. The second kappa shape index (κ2) is 8.62. The molecular formula is C20H24FN3O. The van der Waals surface area contributed by atoms with E-state index in [1.807, 2.05) is 29.2 Å².